The molecule has 27 heavy (non-hydrogen) atoms. The number of halogens is 1. The van der Waals surface area contributed by atoms with Crippen LogP contribution in [0.1, 0.15) is 40.3 Å². The van der Waals surface area contributed by atoms with Gasteiger partial charge in [0.2, 0.25) is 0 Å². The Balaban J connectivity index is 1.74. The molecule has 0 radical (unpaired) electrons. The largest absolute Gasteiger partial charge is 0.352 e. The second kappa shape index (κ2) is 7.84. The van der Waals surface area contributed by atoms with E-state index in [4.69, 9.17) is 11.6 Å². The molecule has 2 aromatic carbocycles. The number of hydrogen-bond donors (Lipinski definition) is 3. The number of benzene rings is 2. The smallest absolute Gasteiger partial charge is 0.272 e. The number of aryl methyl sites for hydroxylation is 1. The Morgan fingerprint density at radius 2 is 1.85 bits per heavy atom. The van der Waals surface area contributed by atoms with Crippen LogP contribution < -0.4 is 10.6 Å². The van der Waals surface area contributed by atoms with E-state index in [1.165, 1.54) is 0 Å². The summed E-state index contributed by atoms with van der Waals surface area (Å²) >= 11 is 5.99. The monoisotopic (exact) mass is 383 g/mol. The lowest BCUT2D eigenvalue weighted by Crippen LogP contribution is -2.27. The normalized spacial score (nSPS) is 11.0. The minimum absolute atomic E-state index is 0.114. The van der Waals surface area contributed by atoms with E-state index in [1.54, 1.807) is 36.4 Å². The molecule has 0 saturated carbocycles. The van der Waals surface area contributed by atoms with Gasteiger partial charge in [0.1, 0.15) is 5.69 Å². The first kappa shape index (κ1) is 19.0. The van der Waals surface area contributed by atoms with Gasteiger partial charge in [0.15, 0.2) is 0 Å². The summed E-state index contributed by atoms with van der Waals surface area (Å²) in [6.07, 6.45) is 0. The van der Waals surface area contributed by atoms with Crippen LogP contribution in [0.2, 0.25) is 5.02 Å². The molecular weight excluding hydrogens is 362 g/mol. The zero-order valence-electron chi connectivity index (χ0n) is 15.5. The van der Waals surface area contributed by atoms with Gasteiger partial charge in [-0.2, -0.15) is 0 Å². The maximum atomic E-state index is 12.6. The Morgan fingerprint density at radius 3 is 2.56 bits per heavy atom. The van der Waals surface area contributed by atoms with E-state index in [1.807, 2.05) is 26.8 Å². The summed E-state index contributed by atoms with van der Waals surface area (Å²) in [7, 11) is 0. The molecule has 3 aromatic rings. The van der Waals surface area contributed by atoms with Crippen molar-refractivity contribution in [3.63, 3.8) is 0 Å². The molecule has 0 aliphatic carbocycles. The van der Waals surface area contributed by atoms with Crippen molar-refractivity contribution in [1.82, 2.24) is 10.3 Å². The third kappa shape index (κ3) is 4.49. The predicted molar refractivity (Wildman–Crippen MR) is 110 cm³/mol. The van der Waals surface area contributed by atoms with Crippen molar-refractivity contribution in [3.05, 3.63) is 64.3 Å². The van der Waals surface area contributed by atoms with Crippen molar-refractivity contribution in [3.8, 4) is 0 Å². The number of carbonyl (C=O) groups excluding carboxylic acids is 2. The molecule has 6 heteroatoms. The number of aromatic amines is 1. The number of H-pyrrole nitrogens is 1. The van der Waals surface area contributed by atoms with E-state index in [-0.39, 0.29) is 11.8 Å². The number of amides is 2. The summed E-state index contributed by atoms with van der Waals surface area (Å²) in [5.74, 6) is 0.0272. The van der Waals surface area contributed by atoms with Gasteiger partial charge in [-0.1, -0.05) is 25.4 Å². The van der Waals surface area contributed by atoms with Gasteiger partial charge in [-0.15, -0.1) is 0 Å². The zero-order valence-corrected chi connectivity index (χ0v) is 16.3. The molecule has 0 aliphatic rings. The molecule has 2 amide bonds. The van der Waals surface area contributed by atoms with Crippen LogP contribution in [0.4, 0.5) is 5.69 Å². The fraction of sp³-hybridized carbons (Fsp3) is 0.238. The van der Waals surface area contributed by atoms with E-state index in [9.17, 15) is 9.59 Å². The Hall–Kier alpha value is -2.79. The quantitative estimate of drug-likeness (QED) is 0.593. The van der Waals surface area contributed by atoms with Crippen molar-refractivity contribution < 1.29 is 9.59 Å². The van der Waals surface area contributed by atoms with Crippen molar-refractivity contribution in [2.45, 2.75) is 20.8 Å². The minimum atomic E-state index is -0.248. The van der Waals surface area contributed by atoms with Crippen LogP contribution in [0.25, 0.3) is 10.9 Å². The predicted octanol–water partition coefficient (Wildman–Crippen LogP) is 4.77. The van der Waals surface area contributed by atoms with Gasteiger partial charge in [0.05, 0.1) is 0 Å². The van der Waals surface area contributed by atoms with Gasteiger partial charge in [-0.05, 0) is 60.9 Å². The molecule has 0 aliphatic heterocycles. The number of rotatable bonds is 5. The Bertz CT molecular complexity index is 1010. The average molecular weight is 384 g/mol. The molecule has 0 bridgehead atoms. The maximum absolute atomic E-state index is 12.6. The SMILES string of the molecule is Cc1cc(C(=O)NCC(C)C)ccc1NC(=O)c1cc2cc(Cl)ccc2[nH]1. The standard InChI is InChI=1S/C21H22ClN3O2/c1-12(2)11-23-20(26)14-4-6-17(13(3)8-14)25-21(27)19-10-15-9-16(22)5-7-18(15)24-19/h4-10,12,24H,11H2,1-3H3,(H,23,26)(H,25,27). The van der Waals surface area contributed by atoms with E-state index >= 15 is 0 Å². The van der Waals surface area contributed by atoms with Crippen molar-refractivity contribution in [2.24, 2.45) is 5.92 Å². The molecular formula is C21H22ClN3O2. The molecule has 1 aromatic heterocycles. The number of carbonyl (C=O) groups is 2. The van der Waals surface area contributed by atoms with Crippen LogP contribution >= 0.6 is 11.6 Å². The summed E-state index contributed by atoms with van der Waals surface area (Å²) in [5.41, 5.74) is 3.35. The second-order valence-electron chi connectivity index (χ2n) is 7.00. The number of nitrogens with one attached hydrogen (secondary N) is 3. The van der Waals surface area contributed by atoms with Crippen molar-refractivity contribution >= 4 is 40.0 Å². The van der Waals surface area contributed by atoms with Crippen LogP contribution in [0.15, 0.2) is 42.5 Å². The molecule has 0 atom stereocenters. The van der Waals surface area contributed by atoms with Crippen LogP contribution in [0.5, 0.6) is 0 Å². The third-order valence-corrected chi connectivity index (χ3v) is 4.47. The first-order valence-corrected chi connectivity index (χ1v) is 9.20. The summed E-state index contributed by atoms with van der Waals surface area (Å²) in [6.45, 7) is 6.57. The molecule has 0 spiro atoms. The molecule has 140 valence electrons. The molecule has 0 unspecified atom stereocenters. The number of anilines is 1. The van der Waals surface area contributed by atoms with E-state index in [0.29, 0.717) is 34.4 Å². The zero-order chi connectivity index (χ0) is 19.6. The molecule has 0 saturated heterocycles. The average Bonchev–Trinajstić information content (AvgIpc) is 3.04. The molecule has 5 nitrogen and oxygen atoms in total. The van der Waals surface area contributed by atoms with E-state index in [2.05, 4.69) is 15.6 Å². The van der Waals surface area contributed by atoms with E-state index < -0.39 is 0 Å². The summed E-state index contributed by atoms with van der Waals surface area (Å²) in [5, 5.41) is 7.27. The lowest BCUT2D eigenvalue weighted by atomic mass is 10.1. The first-order valence-electron chi connectivity index (χ1n) is 8.82. The summed E-state index contributed by atoms with van der Waals surface area (Å²) in [6, 6.07) is 12.4. The summed E-state index contributed by atoms with van der Waals surface area (Å²) in [4.78, 5) is 27.8. The van der Waals surface area contributed by atoms with Gasteiger partial charge < -0.3 is 15.6 Å². The van der Waals surface area contributed by atoms with Crippen LogP contribution in [0, 0.1) is 12.8 Å². The van der Waals surface area contributed by atoms with Gasteiger partial charge >= 0.3 is 0 Å². The second-order valence-corrected chi connectivity index (χ2v) is 7.44. The minimum Gasteiger partial charge on any atom is -0.352 e. The highest BCUT2D eigenvalue weighted by molar-refractivity contribution is 6.31. The Kier molecular flexibility index (Phi) is 5.51. The Labute approximate surface area is 163 Å². The molecule has 0 fully saturated rings. The van der Waals surface area contributed by atoms with Crippen molar-refractivity contribution in [1.29, 1.82) is 0 Å². The highest BCUT2D eigenvalue weighted by atomic mass is 35.5. The first-order chi connectivity index (χ1) is 12.8. The van der Waals surface area contributed by atoms with Gasteiger partial charge in [0, 0.05) is 33.7 Å². The number of hydrogen-bond acceptors (Lipinski definition) is 2. The fourth-order valence-electron chi connectivity index (χ4n) is 2.76. The number of fused-ring (bicyclic) bond motifs is 1. The molecule has 1 heterocycles. The lowest BCUT2D eigenvalue weighted by Gasteiger charge is -2.11. The highest BCUT2D eigenvalue weighted by Gasteiger charge is 2.13. The van der Waals surface area contributed by atoms with E-state index in [0.717, 1.165) is 16.5 Å². The van der Waals surface area contributed by atoms with Crippen LogP contribution in [-0.2, 0) is 0 Å². The topological polar surface area (TPSA) is 74.0 Å². The molecule has 3 rings (SSSR count). The van der Waals surface area contributed by atoms with Crippen LogP contribution in [-0.4, -0.2) is 23.3 Å². The van der Waals surface area contributed by atoms with Gasteiger partial charge in [-0.3, -0.25) is 9.59 Å². The summed E-state index contributed by atoms with van der Waals surface area (Å²) < 4.78 is 0. The molecule has 3 N–H and O–H groups in total. The fourth-order valence-corrected chi connectivity index (χ4v) is 2.94. The maximum Gasteiger partial charge on any atom is 0.272 e. The third-order valence-electron chi connectivity index (χ3n) is 4.24. The van der Waals surface area contributed by atoms with Crippen molar-refractivity contribution in [2.75, 3.05) is 11.9 Å². The van der Waals surface area contributed by atoms with Gasteiger partial charge in [0.25, 0.3) is 11.8 Å². The van der Waals surface area contributed by atoms with Crippen LogP contribution in [0.3, 0.4) is 0 Å². The number of aromatic nitrogens is 1. The highest BCUT2D eigenvalue weighted by Crippen LogP contribution is 2.22. The Morgan fingerprint density at radius 1 is 1.07 bits per heavy atom. The lowest BCUT2D eigenvalue weighted by molar-refractivity contribution is 0.0948. The van der Waals surface area contributed by atoms with Gasteiger partial charge in [-0.25, -0.2) is 0 Å².